The van der Waals surface area contributed by atoms with Crippen LogP contribution in [0.1, 0.15) is 24.2 Å². The molecule has 17 heavy (non-hydrogen) atoms. The van der Waals surface area contributed by atoms with Crippen molar-refractivity contribution in [1.82, 2.24) is 4.57 Å². The molecule has 1 aromatic heterocycles. The van der Waals surface area contributed by atoms with Crippen molar-refractivity contribution in [2.45, 2.75) is 19.5 Å². The fraction of sp³-hybridized carbons (Fsp3) is 0.231. The Hall–Kier alpha value is -1.32. The highest BCUT2D eigenvalue weighted by atomic mass is 35.5. The third-order valence-corrected chi connectivity index (χ3v) is 3.04. The van der Waals surface area contributed by atoms with Crippen molar-refractivity contribution in [3.8, 4) is 0 Å². The molecule has 1 heterocycles. The second-order valence-electron chi connectivity index (χ2n) is 4.09. The molecule has 4 heteroatoms. The third-order valence-electron chi connectivity index (χ3n) is 2.69. The van der Waals surface area contributed by atoms with Crippen LogP contribution in [0.15, 0.2) is 36.5 Å². The normalized spacial score (nSPS) is 12.7. The van der Waals surface area contributed by atoms with Crippen molar-refractivity contribution in [1.29, 1.82) is 0 Å². The maximum Gasteiger partial charge on any atom is 0.124 e. The van der Waals surface area contributed by atoms with E-state index in [1.165, 1.54) is 12.1 Å². The Morgan fingerprint density at radius 3 is 2.82 bits per heavy atom. The van der Waals surface area contributed by atoms with Gasteiger partial charge >= 0.3 is 0 Å². The van der Waals surface area contributed by atoms with Gasteiger partial charge in [0.15, 0.2) is 0 Å². The van der Waals surface area contributed by atoms with E-state index < -0.39 is 0 Å². The van der Waals surface area contributed by atoms with Gasteiger partial charge in [0, 0.05) is 29.5 Å². The predicted molar refractivity (Wildman–Crippen MR) is 67.5 cm³/mol. The summed E-state index contributed by atoms with van der Waals surface area (Å²) in [6.07, 6.45) is 1.94. The maximum atomic E-state index is 12.9. The molecule has 0 fully saturated rings. The van der Waals surface area contributed by atoms with E-state index in [0.717, 1.165) is 11.3 Å². The first-order valence-corrected chi connectivity index (χ1v) is 5.80. The van der Waals surface area contributed by atoms with Crippen LogP contribution in [0.25, 0.3) is 0 Å². The van der Waals surface area contributed by atoms with E-state index in [9.17, 15) is 4.39 Å². The molecule has 0 aliphatic heterocycles. The van der Waals surface area contributed by atoms with E-state index in [4.69, 9.17) is 17.3 Å². The van der Waals surface area contributed by atoms with Crippen LogP contribution in [0, 0.1) is 5.82 Å². The monoisotopic (exact) mass is 252 g/mol. The first-order valence-electron chi connectivity index (χ1n) is 5.42. The van der Waals surface area contributed by atoms with Crippen LogP contribution in [0.4, 0.5) is 4.39 Å². The SMILES string of the molecule is CC(N)c1cccn1Cc1ccc(F)cc1Cl. The van der Waals surface area contributed by atoms with Crippen LogP contribution in [0.5, 0.6) is 0 Å². The fourth-order valence-electron chi connectivity index (χ4n) is 1.82. The van der Waals surface area contributed by atoms with Gasteiger partial charge in [-0.3, -0.25) is 0 Å². The standard InChI is InChI=1S/C13H14ClFN2/c1-9(16)13-3-2-6-17(13)8-10-4-5-11(15)7-12(10)14/h2-7,9H,8,16H2,1H3. The quantitative estimate of drug-likeness (QED) is 0.892. The molecule has 1 atom stereocenters. The second kappa shape index (κ2) is 4.90. The molecule has 0 saturated carbocycles. The maximum absolute atomic E-state index is 12.9. The van der Waals surface area contributed by atoms with Gasteiger partial charge in [-0.05, 0) is 36.8 Å². The zero-order valence-corrected chi connectivity index (χ0v) is 10.3. The van der Waals surface area contributed by atoms with Crippen molar-refractivity contribution in [2.24, 2.45) is 5.73 Å². The zero-order valence-electron chi connectivity index (χ0n) is 9.53. The minimum absolute atomic E-state index is 0.0378. The average molecular weight is 253 g/mol. The van der Waals surface area contributed by atoms with Crippen molar-refractivity contribution in [3.63, 3.8) is 0 Å². The Kier molecular flexibility index (Phi) is 3.50. The Morgan fingerprint density at radius 2 is 2.18 bits per heavy atom. The molecule has 2 aromatic rings. The zero-order chi connectivity index (χ0) is 12.4. The first-order chi connectivity index (χ1) is 8.08. The first kappa shape index (κ1) is 12.1. The number of nitrogens with zero attached hydrogens (tertiary/aromatic N) is 1. The third kappa shape index (κ3) is 2.68. The van der Waals surface area contributed by atoms with Crippen molar-refractivity contribution >= 4 is 11.6 Å². The van der Waals surface area contributed by atoms with Crippen LogP contribution < -0.4 is 5.73 Å². The summed E-state index contributed by atoms with van der Waals surface area (Å²) in [6, 6.07) is 8.31. The molecule has 0 bridgehead atoms. The second-order valence-corrected chi connectivity index (χ2v) is 4.49. The van der Waals surface area contributed by atoms with Crippen LogP contribution in [-0.4, -0.2) is 4.57 Å². The van der Waals surface area contributed by atoms with Gasteiger partial charge in [-0.2, -0.15) is 0 Å². The molecule has 1 unspecified atom stereocenters. The molecular weight excluding hydrogens is 239 g/mol. The molecule has 0 radical (unpaired) electrons. The number of halogens is 2. The number of hydrogen-bond acceptors (Lipinski definition) is 1. The smallest absolute Gasteiger partial charge is 0.124 e. The van der Waals surface area contributed by atoms with Crippen molar-refractivity contribution in [2.75, 3.05) is 0 Å². The minimum Gasteiger partial charge on any atom is -0.346 e. The molecule has 90 valence electrons. The summed E-state index contributed by atoms with van der Waals surface area (Å²) in [5.41, 5.74) is 7.77. The summed E-state index contributed by atoms with van der Waals surface area (Å²) >= 11 is 5.99. The Morgan fingerprint density at radius 1 is 1.41 bits per heavy atom. The van der Waals surface area contributed by atoms with E-state index in [1.807, 2.05) is 29.8 Å². The highest BCUT2D eigenvalue weighted by Crippen LogP contribution is 2.20. The highest BCUT2D eigenvalue weighted by Gasteiger charge is 2.08. The average Bonchev–Trinajstić information content (AvgIpc) is 2.70. The summed E-state index contributed by atoms with van der Waals surface area (Å²) < 4.78 is 14.9. The van der Waals surface area contributed by atoms with E-state index in [-0.39, 0.29) is 11.9 Å². The predicted octanol–water partition coefficient (Wildman–Crippen LogP) is 3.35. The number of rotatable bonds is 3. The number of benzene rings is 1. The topological polar surface area (TPSA) is 30.9 Å². The number of nitrogens with two attached hydrogens (primary N) is 1. The van der Waals surface area contributed by atoms with E-state index >= 15 is 0 Å². The molecule has 0 aliphatic carbocycles. The molecule has 1 aromatic carbocycles. The lowest BCUT2D eigenvalue weighted by Gasteiger charge is -2.13. The highest BCUT2D eigenvalue weighted by molar-refractivity contribution is 6.31. The number of hydrogen-bond donors (Lipinski definition) is 1. The lowest BCUT2D eigenvalue weighted by atomic mass is 10.2. The Bertz CT molecular complexity index is 520. The van der Waals surface area contributed by atoms with Gasteiger partial charge in [0.1, 0.15) is 5.82 Å². The molecule has 0 spiro atoms. The van der Waals surface area contributed by atoms with Gasteiger partial charge in [0.25, 0.3) is 0 Å². The molecule has 0 saturated heterocycles. The summed E-state index contributed by atoms with van der Waals surface area (Å²) in [6.45, 7) is 2.53. The molecule has 2 rings (SSSR count). The fourth-order valence-corrected chi connectivity index (χ4v) is 2.05. The van der Waals surface area contributed by atoms with Crippen LogP contribution in [0.2, 0.25) is 5.02 Å². The summed E-state index contributed by atoms with van der Waals surface area (Å²) in [7, 11) is 0. The van der Waals surface area contributed by atoms with E-state index in [1.54, 1.807) is 6.07 Å². The van der Waals surface area contributed by atoms with Crippen LogP contribution in [-0.2, 0) is 6.54 Å². The largest absolute Gasteiger partial charge is 0.346 e. The van der Waals surface area contributed by atoms with Gasteiger partial charge in [0.2, 0.25) is 0 Å². The van der Waals surface area contributed by atoms with Gasteiger partial charge in [-0.1, -0.05) is 17.7 Å². The summed E-state index contributed by atoms with van der Waals surface area (Å²) in [5.74, 6) is -0.321. The van der Waals surface area contributed by atoms with Crippen LogP contribution in [0.3, 0.4) is 0 Å². The molecule has 2 N–H and O–H groups in total. The van der Waals surface area contributed by atoms with E-state index in [0.29, 0.717) is 11.6 Å². The molecular formula is C13H14ClFN2. The lowest BCUT2D eigenvalue weighted by Crippen LogP contribution is -2.12. The Labute approximate surface area is 105 Å². The minimum atomic E-state index is -0.321. The van der Waals surface area contributed by atoms with E-state index in [2.05, 4.69) is 0 Å². The van der Waals surface area contributed by atoms with Gasteiger partial charge < -0.3 is 10.3 Å². The van der Waals surface area contributed by atoms with Crippen molar-refractivity contribution < 1.29 is 4.39 Å². The summed E-state index contributed by atoms with van der Waals surface area (Å²) in [5, 5.41) is 0.439. The molecule has 0 amide bonds. The van der Waals surface area contributed by atoms with Gasteiger partial charge in [-0.15, -0.1) is 0 Å². The van der Waals surface area contributed by atoms with Gasteiger partial charge in [0.05, 0.1) is 0 Å². The van der Waals surface area contributed by atoms with Crippen LogP contribution >= 0.6 is 11.6 Å². The summed E-state index contributed by atoms with van der Waals surface area (Å²) in [4.78, 5) is 0. The van der Waals surface area contributed by atoms with Gasteiger partial charge in [-0.25, -0.2) is 4.39 Å². The van der Waals surface area contributed by atoms with Crippen molar-refractivity contribution in [3.05, 3.63) is 58.6 Å². The molecule has 0 aliphatic rings. The Balaban J connectivity index is 2.28. The number of aromatic nitrogens is 1. The molecule has 2 nitrogen and oxygen atoms in total. The lowest BCUT2D eigenvalue weighted by molar-refractivity contribution is 0.625.